The fourth-order valence-electron chi connectivity index (χ4n) is 1.40. The monoisotopic (exact) mass is 337 g/mol. The summed E-state index contributed by atoms with van der Waals surface area (Å²) in [4.78, 5) is 6.64. The molecule has 0 saturated carbocycles. The molecule has 2 rings (SSSR count). The molecule has 0 spiro atoms. The van der Waals surface area contributed by atoms with Gasteiger partial charge in [0.2, 0.25) is 11.7 Å². The Morgan fingerprint density at radius 1 is 1.14 bits per heavy atom. The molecule has 4 nitrogen and oxygen atoms in total. The lowest BCUT2D eigenvalue weighted by Crippen LogP contribution is -2.12. The van der Waals surface area contributed by atoms with Gasteiger partial charge in [-0.25, -0.2) is 4.98 Å². The molecule has 0 aliphatic rings. The molecular formula is C12H8Cl2F3N3O. The van der Waals surface area contributed by atoms with Crippen LogP contribution in [0, 0.1) is 0 Å². The van der Waals surface area contributed by atoms with E-state index in [-0.39, 0.29) is 22.5 Å². The topological polar surface area (TPSA) is 47.0 Å². The number of anilines is 1. The van der Waals surface area contributed by atoms with E-state index >= 15 is 0 Å². The molecule has 1 aromatic heterocycles. The number of nitrogens with zero attached hydrogens (tertiary/aromatic N) is 2. The number of aromatic nitrogens is 2. The van der Waals surface area contributed by atoms with Crippen LogP contribution in [0.4, 0.5) is 19.0 Å². The van der Waals surface area contributed by atoms with Crippen LogP contribution in [0.15, 0.2) is 24.3 Å². The summed E-state index contributed by atoms with van der Waals surface area (Å²) in [7, 11) is 1.43. The van der Waals surface area contributed by atoms with Crippen LogP contribution in [0.1, 0.15) is 5.82 Å². The molecular weight excluding hydrogens is 330 g/mol. The minimum absolute atomic E-state index is 0.0302. The summed E-state index contributed by atoms with van der Waals surface area (Å²) in [6.07, 6.45) is -4.69. The second-order valence-corrected chi connectivity index (χ2v) is 4.68. The third-order valence-corrected chi connectivity index (χ3v) is 2.85. The Balaban J connectivity index is 2.39. The van der Waals surface area contributed by atoms with Crippen LogP contribution in [-0.4, -0.2) is 17.0 Å². The van der Waals surface area contributed by atoms with Crippen molar-refractivity contribution in [3.63, 3.8) is 0 Å². The average Bonchev–Trinajstić information content (AvgIpc) is 2.40. The van der Waals surface area contributed by atoms with Crippen LogP contribution >= 0.6 is 23.2 Å². The fraction of sp³-hybridized carbons (Fsp3) is 0.167. The molecule has 0 bridgehead atoms. The second kappa shape index (κ2) is 5.95. The highest BCUT2D eigenvalue weighted by Crippen LogP contribution is 2.33. The summed E-state index contributed by atoms with van der Waals surface area (Å²) in [5.41, 5.74) is 0. The van der Waals surface area contributed by atoms with Gasteiger partial charge in [0.1, 0.15) is 11.6 Å². The molecule has 0 saturated heterocycles. The van der Waals surface area contributed by atoms with E-state index in [0.717, 1.165) is 0 Å². The lowest BCUT2D eigenvalue weighted by Gasteiger charge is -2.11. The van der Waals surface area contributed by atoms with Crippen LogP contribution in [0.3, 0.4) is 0 Å². The van der Waals surface area contributed by atoms with Crippen LogP contribution < -0.4 is 10.1 Å². The van der Waals surface area contributed by atoms with Crippen molar-refractivity contribution in [3.05, 3.63) is 40.1 Å². The first-order valence-electron chi connectivity index (χ1n) is 5.56. The highest BCUT2D eigenvalue weighted by Gasteiger charge is 2.35. The molecule has 1 N–H and O–H groups in total. The molecule has 0 fully saturated rings. The molecule has 0 unspecified atom stereocenters. The minimum atomic E-state index is -4.69. The maximum Gasteiger partial charge on any atom is 0.451 e. The van der Waals surface area contributed by atoms with E-state index in [9.17, 15) is 13.2 Å². The van der Waals surface area contributed by atoms with Gasteiger partial charge in [-0.3, -0.25) is 0 Å². The van der Waals surface area contributed by atoms with E-state index < -0.39 is 12.0 Å². The summed E-state index contributed by atoms with van der Waals surface area (Å²) in [6.45, 7) is 0. The summed E-state index contributed by atoms with van der Waals surface area (Å²) in [5, 5.41) is 3.03. The zero-order valence-corrected chi connectivity index (χ0v) is 12.0. The van der Waals surface area contributed by atoms with Crippen molar-refractivity contribution in [2.24, 2.45) is 0 Å². The van der Waals surface area contributed by atoms with E-state index in [4.69, 9.17) is 27.9 Å². The van der Waals surface area contributed by atoms with Crippen LogP contribution in [0.2, 0.25) is 10.0 Å². The van der Waals surface area contributed by atoms with Gasteiger partial charge in [-0.05, 0) is 18.2 Å². The van der Waals surface area contributed by atoms with Crippen molar-refractivity contribution in [3.8, 4) is 11.6 Å². The zero-order chi connectivity index (χ0) is 15.6. The van der Waals surface area contributed by atoms with Crippen LogP contribution in [-0.2, 0) is 6.18 Å². The Labute approximate surface area is 127 Å². The van der Waals surface area contributed by atoms with Crippen LogP contribution in [0.5, 0.6) is 11.6 Å². The van der Waals surface area contributed by atoms with Gasteiger partial charge in [0, 0.05) is 18.1 Å². The Kier molecular flexibility index (Phi) is 4.43. The number of nitrogens with one attached hydrogen (secondary N) is 1. The predicted octanol–water partition coefficient (Wildman–Crippen LogP) is 4.64. The number of benzene rings is 1. The van der Waals surface area contributed by atoms with E-state index in [1.165, 1.54) is 31.3 Å². The summed E-state index contributed by atoms with van der Waals surface area (Å²) in [6, 6.07) is 5.55. The molecule has 0 atom stereocenters. The third kappa shape index (κ3) is 3.89. The maximum atomic E-state index is 12.7. The molecule has 9 heteroatoms. The molecule has 1 aromatic carbocycles. The molecule has 0 amide bonds. The summed E-state index contributed by atoms with van der Waals surface area (Å²) < 4.78 is 43.4. The Hall–Kier alpha value is -1.73. The molecule has 0 radical (unpaired) electrons. The minimum Gasteiger partial charge on any atom is -0.437 e. The van der Waals surface area contributed by atoms with Gasteiger partial charge in [0.25, 0.3) is 0 Å². The van der Waals surface area contributed by atoms with E-state index in [2.05, 4.69) is 15.3 Å². The quantitative estimate of drug-likeness (QED) is 0.886. The molecule has 21 heavy (non-hydrogen) atoms. The van der Waals surface area contributed by atoms with Crippen molar-refractivity contribution in [1.29, 1.82) is 0 Å². The SMILES string of the molecule is CNc1cc(Oc2ccc(Cl)cc2Cl)nc(C(F)(F)F)n1. The van der Waals surface area contributed by atoms with Gasteiger partial charge in [0.15, 0.2) is 0 Å². The molecule has 1 heterocycles. The number of ether oxygens (including phenoxy) is 1. The number of halogens is 5. The number of hydrogen-bond acceptors (Lipinski definition) is 4. The van der Waals surface area contributed by atoms with Crippen molar-refractivity contribution in [2.75, 3.05) is 12.4 Å². The predicted molar refractivity (Wildman–Crippen MR) is 73.1 cm³/mol. The zero-order valence-electron chi connectivity index (χ0n) is 10.5. The molecule has 112 valence electrons. The van der Waals surface area contributed by atoms with Crippen molar-refractivity contribution in [1.82, 2.24) is 9.97 Å². The molecule has 0 aliphatic heterocycles. The number of rotatable bonds is 3. The van der Waals surface area contributed by atoms with Crippen molar-refractivity contribution >= 4 is 29.0 Å². The fourth-order valence-corrected chi connectivity index (χ4v) is 1.85. The lowest BCUT2D eigenvalue weighted by molar-refractivity contribution is -0.145. The van der Waals surface area contributed by atoms with Gasteiger partial charge in [-0.15, -0.1) is 0 Å². The maximum absolute atomic E-state index is 12.7. The molecule has 0 aliphatic carbocycles. The highest BCUT2D eigenvalue weighted by atomic mass is 35.5. The summed E-state index contributed by atoms with van der Waals surface area (Å²) in [5.74, 6) is -1.49. The van der Waals surface area contributed by atoms with Gasteiger partial charge in [-0.2, -0.15) is 18.2 Å². The van der Waals surface area contributed by atoms with E-state index in [0.29, 0.717) is 5.02 Å². The van der Waals surface area contributed by atoms with Crippen LogP contribution in [0.25, 0.3) is 0 Å². The summed E-state index contributed by atoms with van der Waals surface area (Å²) >= 11 is 11.6. The Morgan fingerprint density at radius 2 is 1.86 bits per heavy atom. The van der Waals surface area contributed by atoms with Gasteiger partial charge < -0.3 is 10.1 Å². The molecule has 2 aromatic rings. The highest BCUT2D eigenvalue weighted by molar-refractivity contribution is 6.35. The van der Waals surface area contributed by atoms with Gasteiger partial charge in [0.05, 0.1) is 5.02 Å². The van der Waals surface area contributed by atoms with E-state index in [1.807, 2.05) is 0 Å². The van der Waals surface area contributed by atoms with Crippen molar-refractivity contribution < 1.29 is 17.9 Å². The Morgan fingerprint density at radius 3 is 2.43 bits per heavy atom. The second-order valence-electron chi connectivity index (χ2n) is 3.84. The van der Waals surface area contributed by atoms with Gasteiger partial charge >= 0.3 is 6.18 Å². The number of alkyl halides is 3. The number of hydrogen-bond donors (Lipinski definition) is 1. The Bertz CT molecular complexity index is 665. The normalized spacial score (nSPS) is 11.3. The average molecular weight is 338 g/mol. The first-order valence-corrected chi connectivity index (χ1v) is 6.32. The standard InChI is InChI=1S/C12H8Cl2F3N3O/c1-18-9-5-10(20-11(19-9)12(15,16)17)21-8-3-2-6(13)4-7(8)14/h2-5H,1H3,(H,18,19,20). The van der Waals surface area contributed by atoms with E-state index in [1.54, 1.807) is 0 Å². The third-order valence-electron chi connectivity index (χ3n) is 2.32. The smallest absolute Gasteiger partial charge is 0.437 e. The first kappa shape index (κ1) is 15.7. The van der Waals surface area contributed by atoms with Crippen molar-refractivity contribution in [2.45, 2.75) is 6.18 Å². The first-order chi connectivity index (χ1) is 9.79. The largest absolute Gasteiger partial charge is 0.451 e. The van der Waals surface area contributed by atoms with Gasteiger partial charge in [-0.1, -0.05) is 23.2 Å². The lowest BCUT2D eigenvalue weighted by atomic mass is 10.3.